The predicted molar refractivity (Wildman–Crippen MR) is 36.9 cm³/mol. The lowest BCUT2D eigenvalue weighted by Crippen LogP contribution is -2.14. The van der Waals surface area contributed by atoms with Gasteiger partial charge in [0.15, 0.2) is 5.69 Å². The van der Waals surface area contributed by atoms with Gasteiger partial charge in [-0.25, -0.2) is 0 Å². The van der Waals surface area contributed by atoms with Gasteiger partial charge in [0.05, 0.1) is 18.9 Å². The Hall–Kier alpha value is -1.04. The number of hydrogen-bond donors (Lipinski definition) is 1. The van der Waals surface area contributed by atoms with Gasteiger partial charge in [0.25, 0.3) is 0 Å². The molecule has 1 N–H and O–H groups in total. The summed E-state index contributed by atoms with van der Waals surface area (Å²) < 4.78 is 41.8. The SMILES string of the molecule is FC(F)(F)c1n[nH]c2c1CCOC2. The molecular formula is C7H7F3N2O. The fourth-order valence-electron chi connectivity index (χ4n) is 1.37. The summed E-state index contributed by atoms with van der Waals surface area (Å²) in [6, 6.07) is 0. The number of fused-ring (bicyclic) bond motifs is 1. The summed E-state index contributed by atoms with van der Waals surface area (Å²) in [7, 11) is 0. The van der Waals surface area contributed by atoms with Gasteiger partial charge in [0.1, 0.15) is 0 Å². The van der Waals surface area contributed by atoms with E-state index in [1.807, 2.05) is 0 Å². The normalized spacial score (nSPS) is 17.2. The van der Waals surface area contributed by atoms with Crippen molar-refractivity contribution in [1.82, 2.24) is 10.2 Å². The van der Waals surface area contributed by atoms with Gasteiger partial charge in [-0.3, -0.25) is 5.10 Å². The van der Waals surface area contributed by atoms with Crippen LogP contribution in [0.15, 0.2) is 0 Å². The van der Waals surface area contributed by atoms with Crippen molar-refractivity contribution in [2.75, 3.05) is 6.61 Å². The molecule has 0 unspecified atom stereocenters. The van der Waals surface area contributed by atoms with Crippen LogP contribution in [-0.2, 0) is 23.9 Å². The number of H-pyrrole nitrogens is 1. The van der Waals surface area contributed by atoms with Crippen LogP contribution in [0.3, 0.4) is 0 Å². The van der Waals surface area contributed by atoms with E-state index in [0.29, 0.717) is 12.3 Å². The Kier molecular flexibility index (Phi) is 1.80. The van der Waals surface area contributed by atoms with E-state index in [9.17, 15) is 13.2 Å². The molecule has 3 nitrogen and oxygen atoms in total. The quantitative estimate of drug-likeness (QED) is 0.676. The fraction of sp³-hybridized carbons (Fsp3) is 0.571. The first-order chi connectivity index (χ1) is 6.09. The molecule has 6 heteroatoms. The summed E-state index contributed by atoms with van der Waals surface area (Å²) >= 11 is 0. The number of nitrogens with zero attached hydrogens (tertiary/aromatic N) is 1. The first-order valence-corrected chi connectivity index (χ1v) is 3.80. The summed E-state index contributed by atoms with van der Waals surface area (Å²) in [5, 5.41) is 5.58. The molecule has 0 aromatic carbocycles. The van der Waals surface area contributed by atoms with E-state index in [0.717, 1.165) is 0 Å². The standard InChI is InChI=1S/C7H7F3N2O/c8-7(9,10)6-4-1-2-13-3-5(4)11-12-6/h1-3H2,(H,11,12). The van der Waals surface area contributed by atoms with Crippen LogP contribution in [-0.4, -0.2) is 16.8 Å². The van der Waals surface area contributed by atoms with Crippen molar-refractivity contribution >= 4 is 0 Å². The van der Waals surface area contributed by atoms with Gasteiger partial charge < -0.3 is 4.74 Å². The highest BCUT2D eigenvalue weighted by Gasteiger charge is 2.38. The maximum atomic E-state index is 12.3. The van der Waals surface area contributed by atoms with Crippen LogP contribution in [0.5, 0.6) is 0 Å². The number of nitrogens with one attached hydrogen (secondary N) is 1. The van der Waals surface area contributed by atoms with Crippen molar-refractivity contribution in [1.29, 1.82) is 0 Å². The minimum absolute atomic E-state index is 0.193. The Labute approximate surface area is 71.9 Å². The molecule has 0 saturated carbocycles. The first kappa shape index (κ1) is 8.55. The number of aromatic amines is 1. The molecule has 13 heavy (non-hydrogen) atoms. The number of halogens is 3. The monoisotopic (exact) mass is 192 g/mol. The van der Waals surface area contributed by atoms with Crippen molar-refractivity contribution in [3.05, 3.63) is 17.0 Å². The molecule has 1 aliphatic rings. The van der Waals surface area contributed by atoms with Gasteiger partial charge in [-0.1, -0.05) is 0 Å². The van der Waals surface area contributed by atoms with Crippen LogP contribution in [0.2, 0.25) is 0 Å². The van der Waals surface area contributed by atoms with Gasteiger partial charge in [-0.15, -0.1) is 0 Å². The fourth-order valence-corrected chi connectivity index (χ4v) is 1.37. The Morgan fingerprint density at radius 3 is 2.85 bits per heavy atom. The number of aromatic nitrogens is 2. The minimum atomic E-state index is -4.36. The molecule has 0 bridgehead atoms. The van der Waals surface area contributed by atoms with E-state index in [1.165, 1.54) is 0 Å². The highest BCUT2D eigenvalue weighted by molar-refractivity contribution is 5.28. The highest BCUT2D eigenvalue weighted by atomic mass is 19.4. The lowest BCUT2D eigenvalue weighted by molar-refractivity contribution is -0.142. The zero-order chi connectivity index (χ0) is 9.47. The van der Waals surface area contributed by atoms with Gasteiger partial charge in [0, 0.05) is 5.56 Å². The zero-order valence-electron chi connectivity index (χ0n) is 6.61. The number of rotatable bonds is 0. The van der Waals surface area contributed by atoms with E-state index >= 15 is 0 Å². The van der Waals surface area contributed by atoms with Crippen LogP contribution < -0.4 is 0 Å². The molecule has 0 fully saturated rings. The average molecular weight is 192 g/mol. The molecule has 0 aliphatic carbocycles. The molecule has 0 amide bonds. The number of alkyl halides is 3. The molecule has 2 heterocycles. The van der Waals surface area contributed by atoms with Gasteiger partial charge in [0.2, 0.25) is 0 Å². The number of ether oxygens (including phenoxy) is 1. The predicted octanol–water partition coefficient (Wildman–Crippen LogP) is 1.50. The molecule has 0 saturated heterocycles. The zero-order valence-corrected chi connectivity index (χ0v) is 6.61. The second-order valence-electron chi connectivity index (χ2n) is 2.83. The van der Waals surface area contributed by atoms with E-state index < -0.39 is 11.9 Å². The smallest absolute Gasteiger partial charge is 0.375 e. The Morgan fingerprint density at radius 2 is 2.15 bits per heavy atom. The summed E-state index contributed by atoms with van der Waals surface area (Å²) in [6.07, 6.45) is -4.08. The lowest BCUT2D eigenvalue weighted by Gasteiger charge is -2.13. The first-order valence-electron chi connectivity index (χ1n) is 3.80. The summed E-state index contributed by atoms with van der Waals surface area (Å²) in [4.78, 5) is 0. The third-order valence-corrected chi connectivity index (χ3v) is 1.96. The minimum Gasteiger partial charge on any atom is -0.375 e. The van der Waals surface area contributed by atoms with E-state index in [1.54, 1.807) is 0 Å². The van der Waals surface area contributed by atoms with Crippen molar-refractivity contribution in [2.24, 2.45) is 0 Å². The van der Waals surface area contributed by atoms with Crippen LogP contribution in [0, 0.1) is 0 Å². The summed E-state index contributed by atoms with van der Waals surface area (Å²) in [5.41, 5.74) is -0.108. The van der Waals surface area contributed by atoms with Crippen LogP contribution in [0.25, 0.3) is 0 Å². The second-order valence-corrected chi connectivity index (χ2v) is 2.83. The molecule has 0 spiro atoms. The third kappa shape index (κ3) is 1.41. The lowest BCUT2D eigenvalue weighted by atomic mass is 10.1. The molecule has 0 radical (unpaired) electrons. The van der Waals surface area contributed by atoms with Crippen molar-refractivity contribution in [2.45, 2.75) is 19.2 Å². The van der Waals surface area contributed by atoms with Crippen LogP contribution in [0.1, 0.15) is 17.0 Å². The molecule has 72 valence electrons. The van der Waals surface area contributed by atoms with Gasteiger partial charge in [-0.2, -0.15) is 18.3 Å². The largest absolute Gasteiger partial charge is 0.435 e. The van der Waals surface area contributed by atoms with Crippen LogP contribution >= 0.6 is 0 Å². The molecule has 1 aliphatic heterocycles. The van der Waals surface area contributed by atoms with Crippen molar-refractivity contribution < 1.29 is 17.9 Å². The van der Waals surface area contributed by atoms with E-state index in [-0.39, 0.29) is 18.6 Å². The Bertz CT molecular complexity index is 318. The maximum Gasteiger partial charge on any atom is 0.435 e. The number of hydrogen-bond acceptors (Lipinski definition) is 2. The average Bonchev–Trinajstić information content (AvgIpc) is 2.45. The summed E-state index contributed by atoms with van der Waals surface area (Å²) in [5.74, 6) is 0. The molecular weight excluding hydrogens is 185 g/mol. The molecule has 1 aromatic heterocycles. The molecule has 2 rings (SSSR count). The Morgan fingerprint density at radius 1 is 1.38 bits per heavy atom. The Balaban J connectivity index is 2.43. The van der Waals surface area contributed by atoms with Gasteiger partial charge in [-0.05, 0) is 6.42 Å². The topological polar surface area (TPSA) is 37.9 Å². The highest BCUT2D eigenvalue weighted by Crippen LogP contribution is 2.33. The van der Waals surface area contributed by atoms with E-state index in [4.69, 9.17) is 4.74 Å². The second kappa shape index (κ2) is 2.73. The third-order valence-electron chi connectivity index (χ3n) is 1.96. The molecule has 0 atom stereocenters. The van der Waals surface area contributed by atoms with Crippen LogP contribution in [0.4, 0.5) is 13.2 Å². The maximum absolute atomic E-state index is 12.3. The van der Waals surface area contributed by atoms with E-state index in [2.05, 4.69) is 10.2 Å². The van der Waals surface area contributed by atoms with Crippen molar-refractivity contribution in [3.8, 4) is 0 Å². The van der Waals surface area contributed by atoms with Gasteiger partial charge >= 0.3 is 6.18 Å². The van der Waals surface area contributed by atoms with Crippen molar-refractivity contribution in [3.63, 3.8) is 0 Å². The summed E-state index contributed by atoms with van der Waals surface area (Å²) in [6.45, 7) is 0.522. The molecule has 1 aromatic rings.